The Labute approximate surface area is 151 Å². The van der Waals surface area contributed by atoms with Crippen molar-refractivity contribution in [3.8, 4) is 0 Å². The summed E-state index contributed by atoms with van der Waals surface area (Å²) in [5, 5.41) is 7.86. The standard InChI is InChI=1S/C19H20N4O3/c24-17(13-20-19(26)22-14-6-2-1-3-7-14)21-15-8-4-9-16(12-15)23-11-5-10-18(23)25/h1-4,6-9,12H,5,10-11,13H2,(H,21,24)(H2,20,22,26). The molecule has 1 aliphatic rings. The van der Waals surface area contributed by atoms with Gasteiger partial charge in [-0.2, -0.15) is 0 Å². The second kappa shape index (κ2) is 8.15. The van der Waals surface area contributed by atoms with E-state index in [2.05, 4.69) is 16.0 Å². The van der Waals surface area contributed by atoms with Crippen molar-refractivity contribution in [2.45, 2.75) is 12.8 Å². The van der Waals surface area contributed by atoms with Crippen LogP contribution in [-0.2, 0) is 9.59 Å². The summed E-state index contributed by atoms with van der Waals surface area (Å²) < 4.78 is 0. The quantitative estimate of drug-likeness (QED) is 0.772. The molecule has 1 aliphatic heterocycles. The van der Waals surface area contributed by atoms with Crippen molar-refractivity contribution in [2.75, 3.05) is 28.6 Å². The summed E-state index contributed by atoms with van der Waals surface area (Å²) >= 11 is 0. The Balaban J connectivity index is 1.50. The number of nitrogens with one attached hydrogen (secondary N) is 3. The Morgan fingerprint density at radius 2 is 1.73 bits per heavy atom. The Morgan fingerprint density at radius 3 is 2.46 bits per heavy atom. The second-order valence-electron chi connectivity index (χ2n) is 5.92. The van der Waals surface area contributed by atoms with E-state index in [0.717, 1.165) is 12.1 Å². The molecule has 134 valence electrons. The zero-order valence-corrected chi connectivity index (χ0v) is 14.2. The molecular weight excluding hydrogens is 332 g/mol. The van der Waals surface area contributed by atoms with Gasteiger partial charge in [0, 0.05) is 30.0 Å². The van der Waals surface area contributed by atoms with Gasteiger partial charge in [-0.15, -0.1) is 0 Å². The van der Waals surface area contributed by atoms with Crippen LogP contribution in [0.15, 0.2) is 54.6 Å². The molecule has 7 heteroatoms. The summed E-state index contributed by atoms with van der Waals surface area (Å²) in [7, 11) is 0. The van der Waals surface area contributed by atoms with Crippen LogP contribution in [-0.4, -0.2) is 30.9 Å². The van der Waals surface area contributed by atoms with Crippen molar-refractivity contribution in [1.29, 1.82) is 0 Å². The van der Waals surface area contributed by atoms with Gasteiger partial charge in [-0.25, -0.2) is 4.79 Å². The molecule has 0 atom stereocenters. The predicted octanol–water partition coefficient (Wildman–Crippen LogP) is 2.57. The highest BCUT2D eigenvalue weighted by Gasteiger charge is 2.21. The maximum absolute atomic E-state index is 12.0. The van der Waals surface area contributed by atoms with Gasteiger partial charge in [0.05, 0.1) is 6.54 Å². The largest absolute Gasteiger partial charge is 0.329 e. The zero-order chi connectivity index (χ0) is 18.4. The molecule has 0 bridgehead atoms. The second-order valence-corrected chi connectivity index (χ2v) is 5.92. The fourth-order valence-electron chi connectivity index (χ4n) is 2.74. The number of carbonyl (C=O) groups excluding carboxylic acids is 3. The van der Waals surface area contributed by atoms with Crippen LogP contribution in [0.5, 0.6) is 0 Å². The van der Waals surface area contributed by atoms with Gasteiger partial charge >= 0.3 is 6.03 Å². The molecular formula is C19H20N4O3. The smallest absolute Gasteiger partial charge is 0.319 e. The number of rotatable bonds is 5. The fourth-order valence-corrected chi connectivity index (χ4v) is 2.74. The fraction of sp³-hybridized carbons (Fsp3) is 0.211. The topological polar surface area (TPSA) is 90.5 Å². The van der Waals surface area contributed by atoms with Gasteiger partial charge in [-0.1, -0.05) is 24.3 Å². The molecule has 26 heavy (non-hydrogen) atoms. The van der Waals surface area contributed by atoms with Crippen molar-refractivity contribution < 1.29 is 14.4 Å². The third-order valence-corrected chi connectivity index (χ3v) is 3.96. The molecule has 4 amide bonds. The highest BCUT2D eigenvalue weighted by molar-refractivity contribution is 5.99. The minimum absolute atomic E-state index is 0.0905. The predicted molar refractivity (Wildman–Crippen MR) is 100 cm³/mol. The first kappa shape index (κ1) is 17.5. The lowest BCUT2D eigenvalue weighted by Crippen LogP contribution is -2.35. The SMILES string of the molecule is O=C(CNC(=O)Nc1ccccc1)Nc1cccc(N2CCCC2=O)c1. The molecule has 1 heterocycles. The van der Waals surface area contributed by atoms with Crippen LogP contribution < -0.4 is 20.9 Å². The first-order valence-electron chi connectivity index (χ1n) is 8.42. The maximum atomic E-state index is 12.0. The summed E-state index contributed by atoms with van der Waals surface area (Å²) in [6, 6.07) is 15.6. The van der Waals surface area contributed by atoms with Gasteiger partial charge in [0.2, 0.25) is 11.8 Å². The summed E-state index contributed by atoms with van der Waals surface area (Å²) in [6.07, 6.45) is 1.40. The van der Waals surface area contributed by atoms with Crippen molar-refractivity contribution >= 4 is 34.9 Å². The lowest BCUT2D eigenvalue weighted by atomic mass is 10.2. The molecule has 3 rings (SSSR count). The average molecular weight is 352 g/mol. The normalized spacial score (nSPS) is 13.4. The van der Waals surface area contributed by atoms with Crippen molar-refractivity contribution in [2.24, 2.45) is 0 Å². The van der Waals surface area contributed by atoms with Gasteiger partial charge in [0.15, 0.2) is 0 Å². The van der Waals surface area contributed by atoms with Crippen LogP contribution in [0.4, 0.5) is 21.9 Å². The third-order valence-electron chi connectivity index (χ3n) is 3.96. The number of carbonyl (C=O) groups is 3. The van der Waals surface area contributed by atoms with Crippen molar-refractivity contribution in [3.63, 3.8) is 0 Å². The number of nitrogens with zero attached hydrogens (tertiary/aromatic N) is 1. The molecule has 0 aromatic heterocycles. The highest BCUT2D eigenvalue weighted by Crippen LogP contribution is 2.24. The minimum atomic E-state index is -0.456. The Hall–Kier alpha value is -3.35. The van der Waals surface area contributed by atoms with E-state index in [0.29, 0.717) is 24.3 Å². The lowest BCUT2D eigenvalue weighted by Gasteiger charge is -2.16. The molecule has 1 fully saturated rings. The number of urea groups is 1. The van der Waals surface area contributed by atoms with E-state index < -0.39 is 6.03 Å². The molecule has 7 nitrogen and oxygen atoms in total. The van der Waals surface area contributed by atoms with E-state index in [1.807, 2.05) is 12.1 Å². The number of hydrogen-bond acceptors (Lipinski definition) is 3. The summed E-state index contributed by atoms with van der Waals surface area (Å²) in [6.45, 7) is 0.531. The van der Waals surface area contributed by atoms with E-state index in [1.165, 1.54) is 0 Å². The molecule has 0 aliphatic carbocycles. The van der Waals surface area contributed by atoms with Gasteiger partial charge in [0.1, 0.15) is 0 Å². The number of benzene rings is 2. The number of hydrogen-bond donors (Lipinski definition) is 3. The number of amides is 4. The number of anilines is 3. The Kier molecular flexibility index (Phi) is 5.48. The van der Waals surface area contributed by atoms with Crippen LogP contribution in [0.1, 0.15) is 12.8 Å². The van der Waals surface area contributed by atoms with Gasteiger partial charge < -0.3 is 20.9 Å². The van der Waals surface area contributed by atoms with Gasteiger partial charge in [0.25, 0.3) is 0 Å². The Bertz CT molecular complexity index is 807. The summed E-state index contributed by atoms with van der Waals surface area (Å²) in [5.74, 6) is -0.258. The van der Waals surface area contributed by atoms with Crippen molar-refractivity contribution in [1.82, 2.24) is 5.32 Å². The van der Waals surface area contributed by atoms with E-state index in [1.54, 1.807) is 47.4 Å². The van der Waals surface area contributed by atoms with E-state index in [9.17, 15) is 14.4 Å². The molecule has 1 saturated heterocycles. The van der Waals surface area contributed by atoms with Crippen LogP contribution in [0.3, 0.4) is 0 Å². The molecule has 0 radical (unpaired) electrons. The zero-order valence-electron chi connectivity index (χ0n) is 14.2. The molecule has 3 N–H and O–H groups in total. The first-order chi connectivity index (χ1) is 12.6. The van der Waals surface area contributed by atoms with Gasteiger partial charge in [-0.3, -0.25) is 9.59 Å². The third kappa shape index (κ3) is 4.60. The monoisotopic (exact) mass is 352 g/mol. The van der Waals surface area contributed by atoms with Crippen molar-refractivity contribution in [3.05, 3.63) is 54.6 Å². The molecule has 0 unspecified atom stereocenters. The summed E-state index contributed by atoms with van der Waals surface area (Å²) in [4.78, 5) is 37.3. The summed E-state index contributed by atoms with van der Waals surface area (Å²) in [5.41, 5.74) is 1.99. The molecule has 0 spiro atoms. The van der Waals surface area contributed by atoms with Crippen LogP contribution in [0.25, 0.3) is 0 Å². The van der Waals surface area contributed by atoms with E-state index >= 15 is 0 Å². The molecule has 0 saturated carbocycles. The molecule has 2 aromatic carbocycles. The maximum Gasteiger partial charge on any atom is 0.319 e. The molecule has 2 aromatic rings. The van der Waals surface area contributed by atoms with Gasteiger partial charge in [-0.05, 0) is 36.8 Å². The van der Waals surface area contributed by atoms with Crippen LogP contribution in [0.2, 0.25) is 0 Å². The minimum Gasteiger partial charge on any atom is -0.329 e. The van der Waals surface area contributed by atoms with E-state index in [-0.39, 0.29) is 18.4 Å². The Morgan fingerprint density at radius 1 is 0.962 bits per heavy atom. The van der Waals surface area contributed by atoms with Crippen LogP contribution >= 0.6 is 0 Å². The number of para-hydroxylation sites is 1. The van der Waals surface area contributed by atoms with E-state index in [4.69, 9.17) is 0 Å². The average Bonchev–Trinajstić information content (AvgIpc) is 3.07. The first-order valence-corrected chi connectivity index (χ1v) is 8.42. The van der Waals surface area contributed by atoms with Crippen LogP contribution in [0, 0.1) is 0 Å². The highest BCUT2D eigenvalue weighted by atomic mass is 16.2. The lowest BCUT2D eigenvalue weighted by molar-refractivity contribution is -0.117.